The summed E-state index contributed by atoms with van der Waals surface area (Å²) >= 11 is 0. The number of fused-ring (bicyclic) bond motifs is 2. The Morgan fingerprint density at radius 2 is 1.74 bits per heavy atom. The predicted molar refractivity (Wildman–Crippen MR) is 137 cm³/mol. The monoisotopic (exact) mass is 459 g/mol. The van der Waals surface area contributed by atoms with Crippen LogP contribution in [0.1, 0.15) is 55.3 Å². The lowest BCUT2D eigenvalue weighted by Crippen LogP contribution is -2.22. The number of hydrogen-bond acceptors (Lipinski definition) is 5. The van der Waals surface area contributed by atoms with Crippen molar-refractivity contribution in [1.29, 1.82) is 0 Å². The molecule has 2 aromatic carbocycles. The van der Waals surface area contributed by atoms with Gasteiger partial charge in [-0.2, -0.15) is 0 Å². The molecule has 1 amide bonds. The number of pyridine rings is 1. The van der Waals surface area contributed by atoms with Gasteiger partial charge >= 0.3 is 0 Å². The van der Waals surface area contributed by atoms with Crippen LogP contribution in [0.15, 0.2) is 48.5 Å². The summed E-state index contributed by atoms with van der Waals surface area (Å²) in [5.74, 6) is -0.539. The molecule has 0 bridgehead atoms. The molecule has 0 fully saturated rings. The van der Waals surface area contributed by atoms with E-state index >= 15 is 0 Å². The molecule has 4 rings (SSSR count). The second-order valence-corrected chi connectivity index (χ2v) is 8.85. The van der Waals surface area contributed by atoms with Crippen LogP contribution >= 0.6 is 0 Å². The van der Waals surface area contributed by atoms with Gasteiger partial charge in [-0.3, -0.25) is 9.78 Å². The van der Waals surface area contributed by atoms with Crippen molar-refractivity contribution in [3.05, 3.63) is 65.4 Å². The number of anilines is 1. The van der Waals surface area contributed by atoms with E-state index in [1.54, 1.807) is 12.1 Å². The van der Waals surface area contributed by atoms with Crippen LogP contribution in [0, 0.1) is 0 Å². The fourth-order valence-electron chi connectivity index (χ4n) is 4.48. The first-order valence-electron chi connectivity index (χ1n) is 12.2. The molecule has 0 saturated heterocycles. The summed E-state index contributed by atoms with van der Waals surface area (Å²) in [5.41, 5.74) is 5.68. The Morgan fingerprint density at radius 1 is 0.941 bits per heavy atom. The maximum absolute atomic E-state index is 12.0. The number of hydrogen-bond donors (Lipinski definition) is 4. The molecule has 0 radical (unpaired) electrons. The number of nitrogens with one attached hydrogen (secondary N) is 2. The molecule has 1 heterocycles. The molecule has 1 aliphatic carbocycles. The van der Waals surface area contributed by atoms with Crippen molar-refractivity contribution in [3.63, 3.8) is 0 Å². The Hall–Kier alpha value is -3.54. The maximum atomic E-state index is 12.0. The first-order chi connectivity index (χ1) is 16.6. The van der Waals surface area contributed by atoms with Crippen LogP contribution < -0.4 is 10.6 Å². The topological polar surface area (TPSA) is 94.5 Å². The molecule has 6 heteroatoms. The van der Waals surface area contributed by atoms with Crippen LogP contribution in [0.25, 0.3) is 17.0 Å². The number of unbranched alkanes of at least 4 members (excludes halogenated alkanes) is 3. The van der Waals surface area contributed by atoms with Gasteiger partial charge in [0.25, 0.3) is 0 Å². The molecule has 0 aliphatic heterocycles. The Morgan fingerprint density at radius 3 is 2.59 bits per heavy atom. The third kappa shape index (κ3) is 6.07. The van der Waals surface area contributed by atoms with Crippen LogP contribution in [0.5, 0.6) is 11.5 Å². The highest BCUT2D eigenvalue weighted by Gasteiger charge is 2.17. The van der Waals surface area contributed by atoms with Crippen LogP contribution in [-0.2, 0) is 17.6 Å². The smallest absolute Gasteiger partial charge is 0.243 e. The summed E-state index contributed by atoms with van der Waals surface area (Å²) in [6.07, 6.45) is 11.9. The van der Waals surface area contributed by atoms with E-state index in [1.165, 1.54) is 53.4 Å². The van der Waals surface area contributed by atoms with Crippen LogP contribution in [0.2, 0.25) is 0 Å². The Balaban J connectivity index is 1.16. The fraction of sp³-hybridized carbons (Fsp3) is 0.357. The highest BCUT2D eigenvalue weighted by atomic mass is 16.3. The molecule has 0 spiro atoms. The molecule has 4 N–H and O–H groups in total. The van der Waals surface area contributed by atoms with Crippen molar-refractivity contribution < 1.29 is 15.0 Å². The Labute approximate surface area is 200 Å². The average Bonchev–Trinajstić information content (AvgIpc) is 2.85. The summed E-state index contributed by atoms with van der Waals surface area (Å²) in [6.45, 7) is 1.58. The molecule has 6 nitrogen and oxygen atoms in total. The van der Waals surface area contributed by atoms with Gasteiger partial charge in [0.05, 0.1) is 5.52 Å². The predicted octanol–water partition coefficient (Wildman–Crippen LogP) is 5.33. The van der Waals surface area contributed by atoms with Crippen LogP contribution in [0.3, 0.4) is 0 Å². The molecular formula is C28H33N3O3. The van der Waals surface area contributed by atoms with Crippen LogP contribution in [0.4, 0.5) is 5.69 Å². The van der Waals surface area contributed by atoms with E-state index in [4.69, 9.17) is 4.98 Å². The van der Waals surface area contributed by atoms with Crippen molar-refractivity contribution in [2.75, 3.05) is 18.4 Å². The van der Waals surface area contributed by atoms with Gasteiger partial charge in [-0.05, 0) is 73.9 Å². The standard InChI is InChI=1S/C28H33N3O3/c32-25-15-13-20(19-26(25)33)14-16-27(34)29-17-7-1-2-8-18-30-28-21-9-3-5-11-23(21)31-24-12-6-4-10-22(24)28/h3,5,9,11,13-16,19,32-33H,1-2,4,6-8,10,12,17-18H2,(H,29,34)(H,30,31)/b16-14+. The van der Waals surface area contributed by atoms with Gasteiger partial charge in [-0.25, -0.2) is 0 Å². The summed E-state index contributed by atoms with van der Waals surface area (Å²) in [6, 6.07) is 12.9. The maximum Gasteiger partial charge on any atom is 0.243 e. The summed E-state index contributed by atoms with van der Waals surface area (Å²) < 4.78 is 0. The number of carbonyl (C=O) groups is 1. The molecule has 0 saturated carbocycles. The fourth-order valence-corrected chi connectivity index (χ4v) is 4.48. The number of aromatic hydroxyl groups is 2. The highest BCUT2D eigenvalue weighted by molar-refractivity contribution is 5.93. The molecule has 34 heavy (non-hydrogen) atoms. The number of rotatable bonds is 10. The van der Waals surface area contributed by atoms with Crippen molar-refractivity contribution >= 4 is 28.6 Å². The molecule has 1 aliphatic rings. The van der Waals surface area contributed by atoms with Crippen molar-refractivity contribution in [2.45, 2.75) is 51.4 Å². The van der Waals surface area contributed by atoms with E-state index in [0.29, 0.717) is 12.1 Å². The number of benzene rings is 2. The molecule has 0 unspecified atom stereocenters. The second kappa shape index (κ2) is 11.5. The first-order valence-corrected chi connectivity index (χ1v) is 12.2. The summed E-state index contributed by atoms with van der Waals surface area (Å²) in [7, 11) is 0. The number of aromatic nitrogens is 1. The molecular weight excluding hydrogens is 426 g/mol. The quantitative estimate of drug-likeness (QED) is 0.187. The van der Waals surface area contributed by atoms with E-state index < -0.39 is 0 Å². The lowest BCUT2D eigenvalue weighted by molar-refractivity contribution is -0.116. The third-order valence-electron chi connectivity index (χ3n) is 6.30. The highest BCUT2D eigenvalue weighted by Crippen LogP contribution is 2.33. The van der Waals surface area contributed by atoms with Gasteiger partial charge in [-0.1, -0.05) is 37.1 Å². The molecule has 3 aromatic rings. The molecule has 1 aromatic heterocycles. The zero-order valence-electron chi connectivity index (χ0n) is 19.5. The molecule has 0 atom stereocenters. The van der Waals surface area contributed by atoms with Gasteiger partial charge < -0.3 is 20.8 Å². The van der Waals surface area contributed by atoms with Gasteiger partial charge in [0.1, 0.15) is 0 Å². The van der Waals surface area contributed by atoms with E-state index in [9.17, 15) is 15.0 Å². The zero-order valence-corrected chi connectivity index (χ0v) is 19.5. The van der Waals surface area contributed by atoms with Gasteiger partial charge in [-0.15, -0.1) is 0 Å². The SMILES string of the molecule is O=C(/C=C/c1ccc(O)c(O)c1)NCCCCCCNc1c2c(nc3ccccc13)CCCC2. The number of carbonyl (C=O) groups excluding carboxylic acids is 1. The number of para-hydroxylation sites is 1. The number of amides is 1. The van der Waals surface area contributed by atoms with E-state index in [-0.39, 0.29) is 17.4 Å². The normalized spacial score (nSPS) is 13.2. The van der Waals surface area contributed by atoms with E-state index in [1.807, 2.05) is 0 Å². The van der Waals surface area contributed by atoms with Crippen molar-refractivity contribution in [3.8, 4) is 11.5 Å². The lowest BCUT2D eigenvalue weighted by atomic mass is 9.92. The van der Waals surface area contributed by atoms with Gasteiger partial charge in [0, 0.05) is 35.9 Å². The first kappa shape index (κ1) is 23.6. The molecule has 178 valence electrons. The number of phenols is 2. The Bertz CT molecular complexity index is 1170. The van der Waals surface area contributed by atoms with E-state index in [2.05, 4.69) is 34.9 Å². The summed E-state index contributed by atoms with van der Waals surface area (Å²) in [5, 5.41) is 26.7. The minimum atomic E-state index is -0.200. The average molecular weight is 460 g/mol. The second-order valence-electron chi connectivity index (χ2n) is 8.85. The number of aryl methyl sites for hydroxylation is 1. The number of phenolic OH excluding ortho intramolecular Hbond substituents is 2. The summed E-state index contributed by atoms with van der Waals surface area (Å²) in [4.78, 5) is 16.9. The third-order valence-corrected chi connectivity index (χ3v) is 6.30. The largest absolute Gasteiger partial charge is 0.504 e. The van der Waals surface area contributed by atoms with Gasteiger partial charge in [0.15, 0.2) is 11.5 Å². The minimum Gasteiger partial charge on any atom is -0.504 e. The Kier molecular flexibility index (Phi) is 8.02. The van der Waals surface area contributed by atoms with Gasteiger partial charge in [0.2, 0.25) is 5.91 Å². The van der Waals surface area contributed by atoms with Crippen molar-refractivity contribution in [1.82, 2.24) is 10.3 Å². The lowest BCUT2D eigenvalue weighted by Gasteiger charge is -2.21. The minimum absolute atomic E-state index is 0.163. The van der Waals surface area contributed by atoms with Crippen LogP contribution in [-0.4, -0.2) is 34.2 Å². The van der Waals surface area contributed by atoms with Crippen molar-refractivity contribution in [2.24, 2.45) is 0 Å². The zero-order chi connectivity index (χ0) is 23.8. The van der Waals surface area contributed by atoms with E-state index in [0.717, 1.165) is 50.6 Å². The number of nitrogens with zero attached hydrogens (tertiary/aromatic N) is 1.